The second kappa shape index (κ2) is 7.71. The van der Waals surface area contributed by atoms with Crippen LogP contribution in [0.4, 0.5) is 0 Å². The summed E-state index contributed by atoms with van der Waals surface area (Å²) in [6.45, 7) is 6.70. The molecule has 0 radical (unpaired) electrons. The number of halogens is 4. The van der Waals surface area contributed by atoms with Gasteiger partial charge in [-0.05, 0) is 0 Å². The maximum Gasteiger partial charge on any atom is -1.00 e. The summed E-state index contributed by atoms with van der Waals surface area (Å²) in [5, 5.41) is 0.522. The molecular formula is C14H12BrCl3SZr. The van der Waals surface area contributed by atoms with Crippen molar-refractivity contribution in [1.82, 2.24) is 0 Å². The van der Waals surface area contributed by atoms with Gasteiger partial charge in [-0.3, -0.25) is 0 Å². The van der Waals surface area contributed by atoms with Crippen LogP contribution in [0, 0.1) is 0 Å². The zero-order chi connectivity index (χ0) is 12.3. The van der Waals surface area contributed by atoms with Crippen LogP contribution in [0.25, 0.3) is 0 Å². The van der Waals surface area contributed by atoms with Crippen LogP contribution in [0.5, 0.6) is 0 Å². The van der Waals surface area contributed by atoms with E-state index in [4.69, 9.17) is 0 Å². The fourth-order valence-corrected chi connectivity index (χ4v) is 6.24. The Hall–Kier alpha value is 1.28. The monoisotopic (exact) mass is 486 g/mol. The van der Waals surface area contributed by atoms with E-state index in [0.717, 1.165) is 0 Å². The number of hydrogen-bond acceptors (Lipinski definition) is 1. The molecular weight excluding hydrogens is 478 g/mol. The van der Waals surface area contributed by atoms with Crippen LogP contribution in [0.1, 0.15) is 20.8 Å². The van der Waals surface area contributed by atoms with Crippen LogP contribution >= 0.6 is 27.7 Å². The summed E-state index contributed by atoms with van der Waals surface area (Å²) in [6, 6.07) is 0. The van der Waals surface area contributed by atoms with E-state index in [1.807, 2.05) is 11.8 Å². The van der Waals surface area contributed by atoms with E-state index in [1.165, 1.54) is 65.3 Å². The van der Waals surface area contributed by atoms with Crippen LogP contribution in [0.3, 0.4) is 0 Å². The van der Waals surface area contributed by atoms with E-state index >= 15 is 0 Å². The molecule has 0 bridgehead atoms. The molecule has 0 fully saturated rings. The van der Waals surface area contributed by atoms with Crippen molar-refractivity contribution >= 4 is 27.7 Å². The summed E-state index contributed by atoms with van der Waals surface area (Å²) in [6.07, 6.45) is 4.77. The van der Waals surface area contributed by atoms with Crippen molar-refractivity contribution in [1.29, 1.82) is 0 Å². The molecule has 0 aromatic rings. The van der Waals surface area contributed by atoms with Gasteiger partial charge in [-0.25, -0.2) is 0 Å². The van der Waals surface area contributed by atoms with Gasteiger partial charge in [-0.15, -0.1) is 0 Å². The maximum atomic E-state index is 3.85. The molecule has 3 rings (SSSR count). The van der Waals surface area contributed by atoms with Crippen LogP contribution in [0.15, 0.2) is 52.7 Å². The Morgan fingerprint density at radius 3 is 2.35 bits per heavy atom. The fourth-order valence-electron chi connectivity index (χ4n) is 2.53. The Labute approximate surface area is 166 Å². The van der Waals surface area contributed by atoms with Crippen LogP contribution < -0.4 is 37.2 Å². The first kappa shape index (κ1) is 21.3. The summed E-state index contributed by atoms with van der Waals surface area (Å²) >= 11 is 7.35. The number of rotatable bonds is 0. The summed E-state index contributed by atoms with van der Waals surface area (Å²) in [4.78, 5) is 1.46. The first-order chi connectivity index (χ1) is 8.00. The molecule has 6 heteroatoms. The van der Waals surface area contributed by atoms with Gasteiger partial charge in [0.05, 0.1) is 0 Å². The van der Waals surface area contributed by atoms with Gasteiger partial charge in [0, 0.05) is 0 Å². The third kappa shape index (κ3) is 3.14. The largest absolute Gasteiger partial charge is 1.00 e. The number of allylic oxidation sites excluding steroid dienone is 8. The second-order valence-corrected chi connectivity index (χ2v) is 8.02. The van der Waals surface area contributed by atoms with Crippen molar-refractivity contribution in [2.24, 2.45) is 0 Å². The van der Waals surface area contributed by atoms with E-state index in [1.54, 1.807) is 0 Å². The minimum Gasteiger partial charge on any atom is -1.00 e. The Morgan fingerprint density at radius 2 is 1.75 bits per heavy atom. The van der Waals surface area contributed by atoms with Gasteiger partial charge < -0.3 is 37.2 Å². The molecule has 1 aliphatic heterocycles. The molecule has 0 aromatic carbocycles. The Balaban J connectivity index is 0.00000120. The minimum atomic E-state index is 0. The van der Waals surface area contributed by atoms with Crippen molar-refractivity contribution in [2.75, 3.05) is 0 Å². The third-order valence-electron chi connectivity index (χ3n) is 3.61. The van der Waals surface area contributed by atoms with E-state index in [0.29, 0.717) is 5.25 Å². The molecule has 0 nitrogen and oxygen atoms in total. The number of fused-ring (bicyclic) bond motifs is 2. The molecule has 0 N–H and O–H groups in total. The third-order valence-corrected chi connectivity index (χ3v) is 7.31. The van der Waals surface area contributed by atoms with Gasteiger partial charge >= 0.3 is 131 Å². The van der Waals surface area contributed by atoms with Crippen LogP contribution in [-0.4, -0.2) is 5.25 Å². The topological polar surface area (TPSA) is 0 Å². The minimum absolute atomic E-state index is 0. The molecule has 1 atom stereocenters. The second-order valence-electron chi connectivity index (χ2n) is 4.65. The maximum absolute atomic E-state index is 3.85. The normalized spacial score (nSPS) is 23.4. The molecule has 0 amide bonds. The van der Waals surface area contributed by atoms with Crippen molar-refractivity contribution in [2.45, 2.75) is 26.0 Å². The molecule has 0 saturated carbocycles. The van der Waals surface area contributed by atoms with Gasteiger partial charge in [-0.2, -0.15) is 0 Å². The predicted molar refractivity (Wildman–Crippen MR) is 74.6 cm³/mol. The fraction of sp³-hybridized carbons (Fsp3) is 0.286. The molecule has 106 valence electrons. The molecule has 1 heterocycles. The van der Waals surface area contributed by atoms with Gasteiger partial charge in [0.1, 0.15) is 0 Å². The zero-order valence-corrected chi connectivity index (χ0v) is 18.3. The molecule has 1 unspecified atom stereocenters. The average molecular weight is 490 g/mol. The van der Waals surface area contributed by atoms with Gasteiger partial charge in [-0.1, -0.05) is 0 Å². The molecule has 2 aliphatic carbocycles. The first-order valence-corrected chi connectivity index (χ1v) is 8.52. The summed E-state index contributed by atoms with van der Waals surface area (Å²) in [7, 11) is 0. The summed E-state index contributed by atoms with van der Waals surface area (Å²) in [5.41, 5.74) is 7.26. The van der Waals surface area contributed by atoms with Gasteiger partial charge in [0.2, 0.25) is 0 Å². The molecule has 0 aromatic heterocycles. The van der Waals surface area contributed by atoms with Crippen molar-refractivity contribution in [3.63, 3.8) is 0 Å². The van der Waals surface area contributed by atoms with E-state index in [2.05, 4.69) is 48.9 Å². The summed E-state index contributed by atoms with van der Waals surface area (Å²) in [5.74, 6) is 0. The zero-order valence-electron chi connectivity index (χ0n) is 11.2. The van der Waals surface area contributed by atoms with Crippen LogP contribution in [0.2, 0.25) is 0 Å². The van der Waals surface area contributed by atoms with Crippen molar-refractivity contribution in [3.8, 4) is 0 Å². The SMILES string of the molecule is CC1=CC2=CC3SC(C)=C(C)C3=C(Br)C2=[C]1[Zr+3].[Cl-].[Cl-].[Cl-]. The number of thioether (sulfide) groups is 1. The van der Waals surface area contributed by atoms with Gasteiger partial charge in [0.15, 0.2) is 0 Å². The predicted octanol–water partition coefficient (Wildman–Crippen LogP) is -4.24. The first-order valence-electron chi connectivity index (χ1n) is 5.62. The Kier molecular flexibility index (Phi) is 8.20. The van der Waals surface area contributed by atoms with Gasteiger partial charge in [0.25, 0.3) is 0 Å². The standard InChI is InChI=1S/C14H12BrS.3ClH.Zr/c1-7-4-10-6-12-13(8(2)9(3)16-12)14(15)11(10)5-7;;;;/h4,6,12H,1-3H3;3*1H;/q;;;;+3/p-3. The molecule has 3 aliphatic rings. The van der Waals surface area contributed by atoms with E-state index in [9.17, 15) is 0 Å². The quantitative estimate of drug-likeness (QED) is 0.332. The van der Waals surface area contributed by atoms with Crippen LogP contribution in [-0.2, 0) is 24.7 Å². The Morgan fingerprint density at radius 1 is 1.15 bits per heavy atom. The average Bonchev–Trinajstić information content (AvgIpc) is 2.68. The Bertz CT molecular complexity index is 600. The number of hydrogen-bond donors (Lipinski definition) is 0. The smallest absolute Gasteiger partial charge is 1.00 e. The molecule has 0 spiro atoms. The van der Waals surface area contributed by atoms with Crippen molar-refractivity contribution in [3.05, 3.63) is 52.7 Å². The van der Waals surface area contributed by atoms with E-state index < -0.39 is 0 Å². The molecule has 0 saturated heterocycles. The molecule has 20 heavy (non-hydrogen) atoms. The summed E-state index contributed by atoms with van der Waals surface area (Å²) < 4.78 is 2.84. The van der Waals surface area contributed by atoms with E-state index in [-0.39, 0.29) is 37.2 Å². The van der Waals surface area contributed by atoms with Crippen molar-refractivity contribution < 1.29 is 61.9 Å².